The highest BCUT2D eigenvalue weighted by molar-refractivity contribution is 5.84. The van der Waals surface area contributed by atoms with Crippen molar-refractivity contribution in [3.8, 4) is 0 Å². The lowest BCUT2D eigenvalue weighted by Crippen LogP contribution is -2.47. The van der Waals surface area contributed by atoms with Gasteiger partial charge in [0, 0.05) is 6.54 Å². The van der Waals surface area contributed by atoms with E-state index in [4.69, 9.17) is 5.73 Å². The number of halogens is 2. The van der Waals surface area contributed by atoms with E-state index in [-0.39, 0.29) is 12.1 Å². The van der Waals surface area contributed by atoms with Crippen LogP contribution in [0.2, 0.25) is 0 Å². The van der Waals surface area contributed by atoms with Crippen molar-refractivity contribution in [1.82, 2.24) is 5.32 Å². The van der Waals surface area contributed by atoms with Gasteiger partial charge in [-0.05, 0) is 12.5 Å². The van der Waals surface area contributed by atoms with Crippen molar-refractivity contribution >= 4 is 5.91 Å². The molecule has 1 atom stereocenters. The van der Waals surface area contributed by atoms with Crippen LogP contribution in [0.3, 0.4) is 0 Å². The fourth-order valence-electron chi connectivity index (χ4n) is 1.29. The Bertz CT molecular complexity index is 354. The van der Waals surface area contributed by atoms with E-state index >= 15 is 0 Å². The van der Waals surface area contributed by atoms with Crippen LogP contribution < -0.4 is 11.1 Å². The van der Waals surface area contributed by atoms with E-state index in [1.54, 1.807) is 25.1 Å². The molecular weight excluding hydrogens is 214 g/mol. The molecule has 0 heterocycles. The smallest absolute Gasteiger partial charge is 0.343 e. The molecule has 0 aliphatic rings. The normalized spacial score (nSPS) is 13.2. The molecule has 88 valence electrons. The summed E-state index contributed by atoms with van der Waals surface area (Å²) in [5, 5.41) is 2.07. The highest BCUT2D eigenvalue weighted by atomic mass is 19.3. The molecule has 0 aliphatic carbocycles. The molecule has 0 spiro atoms. The van der Waals surface area contributed by atoms with Gasteiger partial charge in [0.15, 0.2) is 0 Å². The molecule has 0 fully saturated rings. The van der Waals surface area contributed by atoms with Crippen molar-refractivity contribution in [2.75, 3.05) is 6.54 Å². The van der Waals surface area contributed by atoms with Gasteiger partial charge in [-0.1, -0.05) is 30.3 Å². The molecule has 1 aromatic rings. The first-order chi connectivity index (χ1) is 7.50. The summed E-state index contributed by atoms with van der Waals surface area (Å²) in [5.74, 6) is -4.94. The summed E-state index contributed by atoms with van der Waals surface area (Å²) in [6, 6.07) is 6.21. The second kappa shape index (κ2) is 5.03. The standard InChI is InChI=1S/C11H14F2N2O/c1-2-15-10(16)11(12,13)9(14)8-6-4-3-5-7-8/h3-7,9H,2,14H2,1H3,(H,15,16). The Balaban J connectivity index is 2.87. The molecule has 1 unspecified atom stereocenters. The van der Waals surface area contributed by atoms with Gasteiger partial charge in [0.2, 0.25) is 0 Å². The van der Waals surface area contributed by atoms with Crippen LogP contribution in [0.25, 0.3) is 0 Å². The van der Waals surface area contributed by atoms with Gasteiger partial charge in [-0.15, -0.1) is 0 Å². The number of nitrogens with two attached hydrogens (primary N) is 1. The zero-order valence-corrected chi connectivity index (χ0v) is 8.91. The number of hydrogen-bond acceptors (Lipinski definition) is 2. The third-order valence-electron chi connectivity index (χ3n) is 2.19. The van der Waals surface area contributed by atoms with Gasteiger partial charge in [0.25, 0.3) is 5.91 Å². The lowest BCUT2D eigenvalue weighted by molar-refractivity contribution is -0.148. The van der Waals surface area contributed by atoms with E-state index in [1.165, 1.54) is 12.1 Å². The van der Waals surface area contributed by atoms with Crippen LogP contribution in [0.1, 0.15) is 18.5 Å². The molecule has 0 bridgehead atoms. The number of nitrogens with one attached hydrogen (secondary N) is 1. The largest absolute Gasteiger partial charge is 0.351 e. The number of amides is 1. The SMILES string of the molecule is CCNC(=O)C(F)(F)C(N)c1ccccc1. The molecule has 1 aromatic carbocycles. The average Bonchev–Trinajstić information content (AvgIpc) is 2.29. The second-order valence-corrected chi connectivity index (χ2v) is 3.37. The van der Waals surface area contributed by atoms with Crippen molar-refractivity contribution in [3.63, 3.8) is 0 Å². The fraction of sp³-hybridized carbons (Fsp3) is 0.364. The number of alkyl halides is 2. The van der Waals surface area contributed by atoms with E-state index in [2.05, 4.69) is 5.32 Å². The Morgan fingerprint density at radius 2 is 2.00 bits per heavy atom. The molecule has 16 heavy (non-hydrogen) atoms. The zero-order chi connectivity index (χ0) is 12.2. The van der Waals surface area contributed by atoms with Crippen molar-refractivity contribution in [2.45, 2.75) is 18.9 Å². The van der Waals surface area contributed by atoms with Crippen molar-refractivity contribution in [1.29, 1.82) is 0 Å². The van der Waals surface area contributed by atoms with Crippen LogP contribution in [-0.2, 0) is 4.79 Å². The highest BCUT2D eigenvalue weighted by Gasteiger charge is 2.45. The second-order valence-electron chi connectivity index (χ2n) is 3.37. The Labute approximate surface area is 92.6 Å². The Kier molecular flexibility index (Phi) is 3.95. The van der Waals surface area contributed by atoms with Crippen molar-refractivity contribution in [3.05, 3.63) is 35.9 Å². The molecule has 5 heteroatoms. The fourth-order valence-corrected chi connectivity index (χ4v) is 1.29. The van der Waals surface area contributed by atoms with Crippen molar-refractivity contribution in [2.24, 2.45) is 5.73 Å². The molecular formula is C11H14F2N2O. The Morgan fingerprint density at radius 3 is 2.50 bits per heavy atom. The van der Waals surface area contributed by atoms with Gasteiger partial charge in [0.05, 0.1) is 0 Å². The molecule has 0 saturated heterocycles. The van der Waals surface area contributed by atoms with Crippen LogP contribution in [-0.4, -0.2) is 18.4 Å². The number of benzene rings is 1. The van der Waals surface area contributed by atoms with E-state index < -0.39 is 17.9 Å². The average molecular weight is 228 g/mol. The first kappa shape index (κ1) is 12.6. The minimum Gasteiger partial charge on any atom is -0.351 e. The van der Waals surface area contributed by atoms with E-state index in [0.717, 1.165) is 0 Å². The Morgan fingerprint density at radius 1 is 1.44 bits per heavy atom. The van der Waals surface area contributed by atoms with Crippen LogP contribution in [0.4, 0.5) is 8.78 Å². The van der Waals surface area contributed by atoms with Gasteiger partial charge in [-0.25, -0.2) is 0 Å². The van der Waals surface area contributed by atoms with E-state index in [1.807, 2.05) is 0 Å². The summed E-state index contributed by atoms with van der Waals surface area (Å²) >= 11 is 0. The molecule has 0 aromatic heterocycles. The number of rotatable bonds is 4. The van der Waals surface area contributed by atoms with Gasteiger partial charge in [-0.2, -0.15) is 8.78 Å². The molecule has 3 nitrogen and oxygen atoms in total. The molecule has 0 aliphatic heterocycles. The lowest BCUT2D eigenvalue weighted by atomic mass is 10.0. The van der Waals surface area contributed by atoms with E-state index in [9.17, 15) is 13.6 Å². The molecule has 0 radical (unpaired) electrons. The predicted molar refractivity (Wildman–Crippen MR) is 57.0 cm³/mol. The monoisotopic (exact) mass is 228 g/mol. The third-order valence-corrected chi connectivity index (χ3v) is 2.19. The van der Waals surface area contributed by atoms with Crippen LogP contribution >= 0.6 is 0 Å². The maximum Gasteiger partial charge on any atom is 0.343 e. The highest BCUT2D eigenvalue weighted by Crippen LogP contribution is 2.29. The third kappa shape index (κ3) is 2.55. The number of carbonyl (C=O) groups is 1. The zero-order valence-electron chi connectivity index (χ0n) is 8.91. The maximum atomic E-state index is 13.5. The summed E-state index contributed by atoms with van der Waals surface area (Å²) in [4.78, 5) is 11.1. The lowest BCUT2D eigenvalue weighted by Gasteiger charge is -2.22. The van der Waals surface area contributed by atoms with E-state index in [0.29, 0.717) is 0 Å². The number of hydrogen-bond donors (Lipinski definition) is 2. The Hall–Kier alpha value is -1.49. The predicted octanol–water partition coefficient (Wildman–Crippen LogP) is 1.46. The summed E-state index contributed by atoms with van der Waals surface area (Å²) in [6.07, 6.45) is 0. The van der Waals surface area contributed by atoms with Gasteiger partial charge < -0.3 is 11.1 Å². The van der Waals surface area contributed by atoms with Crippen molar-refractivity contribution < 1.29 is 13.6 Å². The van der Waals surface area contributed by atoms with Crippen LogP contribution in [0, 0.1) is 0 Å². The summed E-state index contributed by atoms with van der Waals surface area (Å²) in [6.45, 7) is 1.72. The number of carbonyl (C=O) groups excluding carboxylic acids is 1. The summed E-state index contributed by atoms with van der Waals surface area (Å²) in [5.41, 5.74) is 5.63. The van der Waals surface area contributed by atoms with Gasteiger partial charge in [0.1, 0.15) is 6.04 Å². The minimum atomic E-state index is -3.60. The molecule has 1 rings (SSSR count). The first-order valence-electron chi connectivity index (χ1n) is 4.96. The van der Waals surface area contributed by atoms with Crippen LogP contribution in [0.5, 0.6) is 0 Å². The topological polar surface area (TPSA) is 55.1 Å². The first-order valence-corrected chi connectivity index (χ1v) is 4.96. The summed E-state index contributed by atoms with van der Waals surface area (Å²) in [7, 11) is 0. The minimum absolute atomic E-state index is 0.149. The maximum absolute atomic E-state index is 13.5. The van der Waals surface area contributed by atoms with Gasteiger partial charge in [-0.3, -0.25) is 4.79 Å². The molecule has 0 saturated carbocycles. The summed E-state index contributed by atoms with van der Waals surface area (Å²) < 4.78 is 27.1. The molecule has 3 N–H and O–H groups in total. The van der Waals surface area contributed by atoms with Crippen LogP contribution in [0.15, 0.2) is 30.3 Å². The molecule has 1 amide bonds. The van der Waals surface area contributed by atoms with Gasteiger partial charge >= 0.3 is 5.92 Å². The quantitative estimate of drug-likeness (QED) is 0.819.